The lowest BCUT2D eigenvalue weighted by Crippen LogP contribution is -2.23. The van der Waals surface area contributed by atoms with Crippen LogP contribution in [0.3, 0.4) is 0 Å². The summed E-state index contributed by atoms with van der Waals surface area (Å²) in [6.45, 7) is 0.892. The van der Waals surface area contributed by atoms with Gasteiger partial charge in [0.2, 0.25) is 0 Å². The molecule has 3 unspecified atom stereocenters. The molecule has 1 spiro atoms. The van der Waals surface area contributed by atoms with Crippen LogP contribution in [0.5, 0.6) is 0 Å². The summed E-state index contributed by atoms with van der Waals surface area (Å²) in [4.78, 5) is 0. The molecule has 2 aliphatic carbocycles. The summed E-state index contributed by atoms with van der Waals surface area (Å²) in [5.74, 6) is 1.59. The van der Waals surface area contributed by atoms with Gasteiger partial charge < -0.3 is 5.73 Å². The van der Waals surface area contributed by atoms with Crippen LogP contribution in [0.2, 0.25) is 0 Å². The van der Waals surface area contributed by atoms with Crippen molar-refractivity contribution in [2.45, 2.75) is 38.0 Å². The Hall–Kier alpha value is -0.820. The first kappa shape index (κ1) is 10.3. The van der Waals surface area contributed by atoms with Gasteiger partial charge in [-0.1, -0.05) is 43.2 Å². The van der Waals surface area contributed by atoms with Crippen LogP contribution in [0, 0.1) is 11.3 Å². The van der Waals surface area contributed by atoms with E-state index in [2.05, 4.69) is 30.3 Å². The van der Waals surface area contributed by atoms with Crippen molar-refractivity contribution in [3.8, 4) is 0 Å². The molecular weight excluding hydrogens is 194 g/mol. The van der Waals surface area contributed by atoms with E-state index in [9.17, 15) is 0 Å². The van der Waals surface area contributed by atoms with Crippen LogP contribution in [0.4, 0.5) is 0 Å². The fourth-order valence-corrected chi connectivity index (χ4v) is 3.90. The smallest absolute Gasteiger partial charge is 0.00431 e. The highest BCUT2D eigenvalue weighted by Gasteiger charge is 2.58. The molecule has 0 amide bonds. The molecular formula is C15H21N. The van der Waals surface area contributed by atoms with E-state index in [1.807, 2.05) is 0 Å². The Morgan fingerprint density at radius 3 is 2.69 bits per heavy atom. The van der Waals surface area contributed by atoms with Gasteiger partial charge >= 0.3 is 0 Å². The molecule has 1 heteroatoms. The second-order valence-electron chi connectivity index (χ2n) is 5.58. The van der Waals surface area contributed by atoms with Crippen LogP contribution >= 0.6 is 0 Å². The van der Waals surface area contributed by atoms with Crippen molar-refractivity contribution < 1.29 is 0 Å². The van der Waals surface area contributed by atoms with Crippen LogP contribution in [0.25, 0.3) is 0 Å². The standard InChI is InChI=1S/C15H21N/c16-11-13-10-15(13)9-5-4-8-14(15)12-6-2-1-3-7-12/h1-3,6-7,13-14H,4-5,8-11,16H2. The molecule has 0 heterocycles. The zero-order valence-electron chi connectivity index (χ0n) is 9.86. The molecule has 0 radical (unpaired) electrons. The minimum absolute atomic E-state index is 0.592. The third-order valence-corrected chi connectivity index (χ3v) is 4.84. The summed E-state index contributed by atoms with van der Waals surface area (Å²) in [6.07, 6.45) is 6.98. The van der Waals surface area contributed by atoms with E-state index in [0.717, 1.165) is 18.4 Å². The number of nitrogens with two attached hydrogens (primary N) is 1. The minimum atomic E-state index is 0.592. The zero-order chi connectivity index (χ0) is 11.0. The average Bonchev–Trinajstić information content (AvgIpc) is 3.05. The summed E-state index contributed by atoms with van der Waals surface area (Å²) in [6, 6.07) is 11.1. The first-order chi connectivity index (χ1) is 7.87. The van der Waals surface area contributed by atoms with E-state index >= 15 is 0 Å². The Balaban J connectivity index is 1.88. The summed E-state index contributed by atoms with van der Waals surface area (Å²) in [5.41, 5.74) is 8.03. The summed E-state index contributed by atoms with van der Waals surface area (Å²) in [5, 5.41) is 0. The lowest BCUT2D eigenvalue weighted by Gasteiger charge is -2.33. The van der Waals surface area contributed by atoms with Crippen molar-refractivity contribution in [3.63, 3.8) is 0 Å². The maximum Gasteiger partial charge on any atom is -0.00431 e. The molecule has 0 bridgehead atoms. The zero-order valence-corrected chi connectivity index (χ0v) is 9.86. The monoisotopic (exact) mass is 215 g/mol. The number of benzene rings is 1. The van der Waals surface area contributed by atoms with Gasteiger partial charge in [0.1, 0.15) is 0 Å². The van der Waals surface area contributed by atoms with Gasteiger partial charge in [-0.3, -0.25) is 0 Å². The third kappa shape index (κ3) is 1.49. The normalized spacial score (nSPS) is 37.6. The van der Waals surface area contributed by atoms with Crippen molar-refractivity contribution >= 4 is 0 Å². The number of hydrogen-bond acceptors (Lipinski definition) is 1. The summed E-state index contributed by atoms with van der Waals surface area (Å²) < 4.78 is 0. The fraction of sp³-hybridized carbons (Fsp3) is 0.600. The van der Waals surface area contributed by atoms with Crippen molar-refractivity contribution in [3.05, 3.63) is 35.9 Å². The van der Waals surface area contributed by atoms with Gasteiger partial charge in [0, 0.05) is 0 Å². The predicted molar refractivity (Wildman–Crippen MR) is 67.2 cm³/mol. The first-order valence-electron chi connectivity index (χ1n) is 6.62. The van der Waals surface area contributed by atoms with Crippen molar-refractivity contribution in [1.82, 2.24) is 0 Å². The average molecular weight is 215 g/mol. The van der Waals surface area contributed by atoms with E-state index in [1.54, 1.807) is 5.56 Å². The Labute approximate surface area is 98.0 Å². The Morgan fingerprint density at radius 1 is 1.19 bits per heavy atom. The molecule has 1 aromatic carbocycles. The lowest BCUT2D eigenvalue weighted by molar-refractivity contribution is 0.260. The molecule has 1 aromatic rings. The van der Waals surface area contributed by atoms with Crippen molar-refractivity contribution in [2.24, 2.45) is 17.1 Å². The van der Waals surface area contributed by atoms with Gasteiger partial charge in [0.15, 0.2) is 0 Å². The minimum Gasteiger partial charge on any atom is -0.330 e. The van der Waals surface area contributed by atoms with Gasteiger partial charge in [-0.2, -0.15) is 0 Å². The summed E-state index contributed by atoms with van der Waals surface area (Å²) >= 11 is 0. The lowest BCUT2D eigenvalue weighted by atomic mass is 9.71. The van der Waals surface area contributed by atoms with E-state index in [0.29, 0.717) is 5.41 Å². The third-order valence-electron chi connectivity index (χ3n) is 4.84. The molecule has 0 aromatic heterocycles. The van der Waals surface area contributed by atoms with Gasteiger partial charge in [-0.15, -0.1) is 0 Å². The Morgan fingerprint density at radius 2 is 2.00 bits per heavy atom. The summed E-state index contributed by atoms with van der Waals surface area (Å²) in [7, 11) is 0. The van der Waals surface area contributed by atoms with Gasteiger partial charge in [0.05, 0.1) is 0 Å². The van der Waals surface area contributed by atoms with E-state index < -0.39 is 0 Å². The van der Waals surface area contributed by atoms with E-state index in [-0.39, 0.29) is 0 Å². The number of rotatable bonds is 2. The molecule has 3 atom stereocenters. The van der Waals surface area contributed by atoms with Gasteiger partial charge in [-0.05, 0) is 48.6 Å². The molecule has 2 N–H and O–H groups in total. The molecule has 0 aliphatic heterocycles. The topological polar surface area (TPSA) is 26.0 Å². The van der Waals surface area contributed by atoms with Crippen molar-refractivity contribution in [2.75, 3.05) is 6.54 Å². The molecule has 1 nitrogen and oxygen atoms in total. The predicted octanol–water partition coefficient (Wildman–Crippen LogP) is 3.31. The molecule has 16 heavy (non-hydrogen) atoms. The van der Waals surface area contributed by atoms with Crippen molar-refractivity contribution in [1.29, 1.82) is 0 Å². The molecule has 0 saturated heterocycles. The molecule has 3 rings (SSSR count). The quantitative estimate of drug-likeness (QED) is 0.804. The maximum absolute atomic E-state index is 5.88. The molecule has 2 fully saturated rings. The van der Waals surface area contributed by atoms with Gasteiger partial charge in [0.25, 0.3) is 0 Å². The molecule has 2 aliphatic rings. The van der Waals surface area contributed by atoms with Crippen LogP contribution in [-0.2, 0) is 0 Å². The number of hydrogen-bond donors (Lipinski definition) is 1. The largest absolute Gasteiger partial charge is 0.330 e. The maximum atomic E-state index is 5.88. The highest BCUT2D eigenvalue weighted by molar-refractivity contribution is 5.27. The second kappa shape index (κ2) is 3.89. The van der Waals surface area contributed by atoms with Crippen LogP contribution in [0.1, 0.15) is 43.6 Å². The highest BCUT2D eigenvalue weighted by Crippen LogP contribution is 2.66. The first-order valence-corrected chi connectivity index (χ1v) is 6.62. The highest BCUT2D eigenvalue weighted by atomic mass is 14.7. The molecule has 86 valence electrons. The van der Waals surface area contributed by atoms with Gasteiger partial charge in [-0.25, -0.2) is 0 Å². The van der Waals surface area contributed by atoms with Crippen LogP contribution < -0.4 is 5.73 Å². The molecule has 2 saturated carbocycles. The fourth-order valence-electron chi connectivity index (χ4n) is 3.90. The Bertz CT molecular complexity index is 359. The second-order valence-corrected chi connectivity index (χ2v) is 5.58. The van der Waals surface area contributed by atoms with E-state index in [1.165, 1.54) is 32.1 Å². The Kier molecular flexibility index (Phi) is 2.51. The van der Waals surface area contributed by atoms with Crippen LogP contribution in [0.15, 0.2) is 30.3 Å². The SMILES string of the molecule is NCC1CC12CCCCC2c1ccccc1. The van der Waals surface area contributed by atoms with E-state index in [4.69, 9.17) is 5.73 Å². The van der Waals surface area contributed by atoms with Crippen LogP contribution in [-0.4, -0.2) is 6.54 Å².